The number of nitrogen functional groups attached to an aromatic ring is 1. The molecule has 3 rings (SSSR count). The molecule has 0 fully saturated rings. The zero-order valence-electron chi connectivity index (χ0n) is 9.62. The van der Waals surface area contributed by atoms with Crippen molar-refractivity contribution in [1.82, 2.24) is 15.1 Å². The van der Waals surface area contributed by atoms with E-state index in [0.29, 0.717) is 28.9 Å². The summed E-state index contributed by atoms with van der Waals surface area (Å²) in [7, 11) is 0. The lowest BCUT2D eigenvalue weighted by Crippen LogP contribution is -1.90. The molecule has 18 heavy (non-hydrogen) atoms. The van der Waals surface area contributed by atoms with E-state index >= 15 is 0 Å². The van der Waals surface area contributed by atoms with Crippen molar-refractivity contribution in [3.8, 4) is 23.0 Å². The predicted octanol–water partition coefficient (Wildman–Crippen LogP) is 2.28. The number of aromatic nitrogens is 3. The van der Waals surface area contributed by atoms with Crippen molar-refractivity contribution in [2.45, 2.75) is 6.92 Å². The quantitative estimate of drug-likeness (QED) is 0.693. The highest BCUT2D eigenvalue weighted by Crippen LogP contribution is 2.26. The molecule has 0 amide bonds. The molecule has 0 saturated carbocycles. The average molecular weight is 242 g/mol. The molecule has 3 aromatic rings. The van der Waals surface area contributed by atoms with Crippen LogP contribution in [0, 0.1) is 6.92 Å². The standard InChI is InChI=1S/C12H10N4O2/c1-7-10(17-6-14-7)12-15-11(16-18-12)8-4-2-3-5-9(8)13/h2-6H,13H2,1H3. The summed E-state index contributed by atoms with van der Waals surface area (Å²) in [5.74, 6) is 1.20. The number of nitrogens with two attached hydrogens (primary N) is 1. The van der Waals surface area contributed by atoms with Gasteiger partial charge in [-0.2, -0.15) is 4.98 Å². The van der Waals surface area contributed by atoms with Gasteiger partial charge >= 0.3 is 0 Å². The van der Waals surface area contributed by atoms with Gasteiger partial charge in [-0.3, -0.25) is 0 Å². The molecule has 6 heteroatoms. The number of rotatable bonds is 2. The maximum absolute atomic E-state index is 5.85. The molecule has 0 aliphatic carbocycles. The predicted molar refractivity (Wildman–Crippen MR) is 64.4 cm³/mol. The van der Waals surface area contributed by atoms with Gasteiger partial charge in [0.15, 0.2) is 6.39 Å². The van der Waals surface area contributed by atoms with Gasteiger partial charge in [0, 0.05) is 11.3 Å². The molecule has 0 bridgehead atoms. The van der Waals surface area contributed by atoms with Gasteiger partial charge in [0.05, 0.1) is 5.69 Å². The van der Waals surface area contributed by atoms with Gasteiger partial charge < -0.3 is 14.7 Å². The van der Waals surface area contributed by atoms with Crippen LogP contribution in [0.2, 0.25) is 0 Å². The van der Waals surface area contributed by atoms with Crippen LogP contribution < -0.4 is 5.73 Å². The highest BCUT2D eigenvalue weighted by Gasteiger charge is 2.17. The molecule has 6 nitrogen and oxygen atoms in total. The van der Waals surface area contributed by atoms with Crippen molar-refractivity contribution in [2.24, 2.45) is 0 Å². The van der Waals surface area contributed by atoms with E-state index in [1.54, 1.807) is 13.0 Å². The largest absolute Gasteiger partial charge is 0.438 e. The number of para-hydroxylation sites is 1. The Bertz CT molecular complexity index is 687. The average Bonchev–Trinajstić information content (AvgIpc) is 2.98. The van der Waals surface area contributed by atoms with E-state index in [1.165, 1.54) is 6.39 Å². The minimum Gasteiger partial charge on any atom is -0.438 e. The van der Waals surface area contributed by atoms with Gasteiger partial charge in [-0.15, -0.1) is 0 Å². The minimum atomic E-state index is 0.295. The molecule has 0 radical (unpaired) electrons. The fraction of sp³-hybridized carbons (Fsp3) is 0.0833. The van der Waals surface area contributed by atoms with Gasteiger partial charge in [-0.25, -0.2) is 4.98 Å². The van der Waals surface area contributed by atoms with Gasteiger partial charge in [0.1, 0.15) is 0 Å². The third kappa shape index (κ3) is 1.64. The molecule has 2 aromatic heterocycles. The molecule has 1 aromatic carbocycles. The van der Waals surface area contributed by atoms with Crippen molar-refractivity contribution >= 4 is 5.69 Å². The third-order valence-electron chi connectivity index (χ3n) is 2.57. The van der Waals surface area contributed by atoms with Crippen molar-refractivity contribution in [3.63, 3.8) is 0 Å². The Morgan fingerprint density at radius 3 is 2.78 bits per heavy atom. The van der Waals surface area contributed by atoms with Crippen LogP contribution in [-0.4, -0.2) is 15.1 Å². The van der Waals surface area contributed by atoms with Gasteiger partial charge in [-0.05, 0) is 19.1 Å². The Morgan fingerprint density at radius 2 is 2.06 bits per heavy atom. The second-order valence-electron chi connectivity index (χ2n) is 3.78. The Balaban J connectivity index is 2.05. The van der Waals surface area contributed by atoms with Crippen molar-refractivity contribution in [3.05, 3.63) is 36.4 Å². The third-order valence-corrected chi connectivity index (χ3v) is 2.57. The summed E-state index contributed by atoms with van der Waals surface area (Å²) in [6.07, 6.45) is 1.34. The van der Waals surface area contributed by atoms with Crippen molar-refractivity contribution < 1.29 is 8.94 Å². The minimum absolute atomic E-state index is 0.295. The van der Waals surface area contributed by atoms with E-state index in [-0.39, 0.29) is 0 Å². The van der Waals surface area contributed by atoms with Crippen LogP contribution in [0.15, 0.2) is 39.6 Å². The summed E-state index contributed by atoms with van der Waals surface area (Å²) in [5, 5.41) is 3.89. The Morgan fingerprint density at radius 1 is 1.22 bits per heavy atom. The summed E-state index contributed by atoms with van der Waals surface area (Å²) < 4.78 is 10.3. The topological polar surface area (TPSA) is 91.0 Å². The molecule has 0 unspecified atom stereocenters. The maximum atomic E-state index is 5.85. The Labute approximate surface area is 102 Å². The summed E-state index contributed by atoms with van der Waals surface area (Å²) in [5.41, 5.74) is 7.88. The molecule has 90 valence electrons. The van der Waals surface area contributed by atoms with Gasteiger partial charge in [-0.1, -0.05) is 17.3 Å². The highest BCUT2D eigenvalue weighted by molar-refractivity contribution is 5.71. The number of hydrogen-bond donors (Lipinski definition) is 1. The molecule has 0 aliphatic rings. The molecule has 0 saturated heterocycles. The lowest BCUT2D eigenvalue weighted by molar-refractivity contribution is 0.416. The van der Waals surface area contributed by atoms with Crippen LogP contribution in [0.25, 0.3) is 23.0 Å². The first-order chi connectivity index (χ1) is 8.75. The SMILES string of the molecule is Cc1ncoc1-c1nc(-c2ccccc2N)no1. The number of anilines is 1. The zero-order valence-corrected chi connectivity index (χ0v) is 9.62. The smallest absolute Gasteiger partial charge is 0.295 e. The molecular formula is C12H10N4O2. The monoisotopic (exact) mass is 242 g/mol. The number of nitrogens with zero attached hydrogens (tertiary/aromatic N) is 3. The highest BCUT2D eigenvalue weighted by atomic mass is 16.5. The first kappa shape index (κ1) is 10.5. The van der Waals surface area contributed by atoms with E-state index in [2.05, 4.69) is 15.1 Å². The lowest BCUT2D eigenvalue weighted by atomic mass is 10.2. The molecule has 2 N–H and O–H groups in total. The normalized spacial score (nSPS) is 10.7. The fourth-order valence-corrected chi connectivity index (χ4v) is 1.63. The van der Waals surface area contributed by atoms with Gasteiger partial charge in [0.25, 0.3) is 5.89 Å². The molecular weight excluding hydrogens is 232 g/mol. The van der Waals surface area contributed by atoms with Crippen LogP contribution in [-0.2, 0) is 0 Å². The maximum Gasteiger partial charge on any atom is 0.295 e. The zero-order chi connectivity index (χ0) is 12.5. The van der Waals surface area contributed by atoms with Crippen LogP contribution in [0.5, 0.6) is 0 Å². The number of hydrogen-bond acceptors (Lipinski definition) is 6. The first-order valence-electron chi connectivity index (χ1n) is 5.35. The fourth-order valence-electron chi connectivity index (χ4n) is 1.63. The lowest BCUT2D eigenvalue weighted by Gasteiger charge is -1.97. The van der Waals surface area contributed by atoms with E-state index in [9.17, 15) is 0 Å². The molecule has 2 heterocycles. The first-order valence-corrected chi connectivity index (χ1v) is 5.35. The summed E-state index contributed by atoms with van der Waals surface area (Å²) in [4.78, 5) is 8.23. The van der Waals surface area contributed by atoms with Crippen LogP contribution in [0.3, 0.4) is 0 Å². The number of benzene rings is 1. The summed E-state index contributed by atoms with van der Waals surface area (Å²) in [6, 6.07) is 7.32. The summed E-state index contributed by atoms with van der Waals surface area (Å²) >= 11 is 0. The van der Waals surface area contributed by atoms with E-state index in [4.69, 9.17) is 14.7 Å². The van der Waals surface area contributed by atoms with Crippen molar-refractivity contribution in [1.29, 1.82) is 0 Å². The molecule has 0 atom stereocenters. The second-order valence-corrected chi connectivity index (χ2v) is 3.78. The van der Waals surface area contributed by atoms with Crippen LogP contribution in [0.4, 0.5) is 5.69 Å². The molecule has 0 spiro atoms. The van der Waals surface area contributed by atoms with E-state index < -0.39 is 0 Å². The Hall–Kier alpha value is -2.63. The van der Waals surface area contributed by atoms with Gasteiger partial charge in [0.2, 0.25) is 11.6 Å². The number of aryl methyl sites for hydroxylation is 1. The second kappa shape index (κ2) is 3.99. The van der Waals surface area contributed by atoms with E-state index in [1.807, 2.05) is 18.2 Å². The van der Waals surface area contributed by atoms with Crippen LogP contribution >= 0.6 is 0 Å². The van der Waals surface area contributed by atoms with Crippen molar-refractivity contribution in [2.75, 3.05) is 5.73 Å². The van der Waals surface area contributed by atoms with Crippen LogP contribution in [0.1, 0.15) is 5.69 Å². The number of oxazole rings is 1. The van der Waals surface area contributed by atoms with E-state index in [0.717, 1.165) is 5.56 Å². The Kier molecular flexibility index (Phi) is 2.33. The molecule has 0 aliphatic heterocycles. The summed E-state index contributed by atoms with van der Waals surface area (Å²) in [6.45, 7) is 1.81.